The number of halogens is 1. The second-order valence-electron chi connectivity index (χ2n) is 4.77. The minimum Gasteiger partial charge on any atom is -0.472 e. The van der Waals surface area contributed by atoms with E-state index in [0.29, 0.717) is 17.4 Å². The van der Waals surface area contributed by atoms with Crippen LogP contribution in [0.25, 0.3) is 0 Å². The van der Waals surface area contributed by atoms with Crippen LogP contribution < -0.4 is 9.64 Å². The van der Waals surface area contributed by atoms with Gasteiger partial charge >= 0.3 is 0 Å². The maximum atomic E-state index is 12.6. The fraction of sp³-hybridized carbons (Fsp3) is 0.231. The zero-order valence-electron chi connectivity index (χ0n) is 10.9. The molecule has 0 spiro atoms. The van der Waals surface area contributed by atoms with Crippen molar-refractivity contribution in [3.8, 4) is 5.75 Å². The van der Waals surface area contributed by atoms with Gasteiger partial charge in [-0.1, -0.05) is 6.07 Å². The zero-order chi connectivity index (χ0) is 14.3. The van der Waals surface area contributed by atoms with Gasteiger partial charge in [-0.2, -0.15) is 4.98 Å². The minimum absolute atomic E-state index is 0.0424. The summed E-state index contributed by atoms with van der Waals surface area (Å²) in [6, 6.07) is 5.28. The fourth-order valence-electron chi connectivity index (χ4n) is 1.96. The molecule has 20 heavy (non-hydrogen) atoms. The quantitative estimate of drug-likeness (QED) is 0.754. The van der Waals surface area contributed by atoms with Gasteiger partial charge in [-0.15, -0.1) is 0 Å². The number of ether oxygens (including phenoxy) is 1. The highest BCUT2D eigenvalue weighted by Crippen LogP contribution is 2.39. The number of pyridine rings is 1. The second-order valence-corrected chi connectivity index (χ2v) is 5.11. The van der Waals surface area contributed by atoms with Crippen LogP contribution in [0.15, 0.2) is 30.6 Å². The van der Waals surface area contributed by atoms with Gasteiger partial charge in [-0.3, -0.25) is 4.79 Å². The van der Waals surface area contributed by atoms with Gasteiger partial charge in [0.05, 0.1) is 6.20 Å². The summed E-state index contributed by atoms with van der Waals surface area (Å²) in [5.41, 5.74) is -1.03. The van der Waals surface area contributed by atoms with Crippen molar-refractivity contribution < 1.29 is 9.53 Å². The normalized spacial score (nSPS) is 16.6. The van der Waals surface area contributed by atoms with E-state index in [2.05, 4.69) is 15.0 Å². The lowest BCUT2D eigenvalue weighted by atomic mass is 10.1. The van der Waals surface area contributed by atoms with E-state index in [1.165, 1.54) is 11.1 Å². The van der Waals surface area contributed by atoms with Gasteiger partial charge in [0.2, 0.25) is 5.28 Å². The van der Waals surface area contributed by atoms with Crippen LogP contribution in [-0.2, 0) is 4.79 Å². The average Bonchev–Trinajstić information content (AvgIpc) is 2.42. The predicted octanol–water partition coefficient (Wildman–Crippen LogP) is 2.36. The number of carbonyl (C=O) groups excluding carboxylic acids is 1. The Hall–Kier alpha value is -2.21. The van der Waals surface area contributed by atoms with Crippen molar-refractivity contribution >= 4 is 29.1 Å². The average molecular weight is 291 g/mol. The molecular formula is C13H11ClN4O2. The second kappa shape index (κ2) is 4.42. The molecule has 7 heteroatoms. The Morgan fingerprint density at radius 2 is 2.10 bits per heavy atom. The molecule has 0 aliphatic carbocycles. The van der Waals surface area contributed by atoms with Gasteiger partial charge in [-0.05, 0) is 37.6 Å². The Morgan fingerprint density at radius 1 is 1.30 bits per heavy atom. The Balaban J connectivity index is 2.21. The van der Waals surface area contributed by atoms with Gasteiger partial charge in [0.15, 0.2) is 17.2 Å². The Morgan fingerprint density at radius 3 is 2.80 bits per heavy atom. The first kappa shape index (κ1) is 12.8. The maximum absolute atomic E-state index is 12.6. The molecule has 102 valence electrons. The lowest BCUT2D eigenvalue weighted by Crippen LogP contribution is -2.51. The van der Waals surface area contributed by atoms with Crippen LogP contribution in [-0.4, -0.2) is 26.5 Å². The lowest BCUT2D eigenvalue weighted by molar-refractivity contribution is -0.131. The monoisotopic (exact) mass is 290 g/mol. The van der Waals surface area contributed by atoms with Crippen LogP contribution in [0.3, 0.4) is 0 Å². The molecule has 1 aliphatic rings. The van der Waals surface area contributed by atoms with Gasteiger partial charge < -0.3 is 4.74 Å². The van der Waals surface area contributed by atoms with Crippen LogP contribution in [0, 0.1) is 0 Å². The fourth-order valence-corrected chi connectivity index (χ4v) is 2.08. The van der Waals surface area contributed by atoms with Crippen LogP contribution in [0.1, 0.15) is 13.8 Å². The number of nitrogens with zero attached hydrogens (tertiary/aromatic N) is 4. The molecule has 0 aromatic carbocycles. The van der Waals surface area contributed by atoms with Gasteiger partial charge in [0, 0.05) is 6.20 Å². The number of hydrogen-bond donors (Lipinski definition) is 0. The SMILES string of the molecule is CC1(C)Oc2cnc(Cl)nc2N(c2ccccn2)C1=O. The van der Waals surface area contributed by atoms with E-state index in [0.717, 1.165) is 0 Å². The molecule has 0 radical (unpaired) electrons. The number of rotatable bonds is 1. The molecule has 1 aliphatic heterocycles. The molecule has 3 rings (SSSR count). The minimum atomic E-state index is -1.03. The van der Waals surface area contributed by atoms with Crippen molar-refractivity contribution in [2.45, 2.75) is 19.4 Å². The Labute approximate surface area is 120 Å². The molecule has 0 bridgehead atoms. The summed E-state index contributed by atoms with van der Waals surface area (Å²) < 4.78 is 5.64. The van der Waals surface area contributed by atoms with Gasteiger partial charge in [0.1, 0.15) is 5.82 Å². The molecule has 2 aromatic rings. The molecule has 0 saturated carbocycles. The third kappa shape index (κ3) is 1.98. The molecule has 0 unspecified atom stereocenters. The Bertz CT molecular complexity index is 675. The molecule has 2 aromatic heterocycles. The van der Waals surface area contributed by atoms with E-state index in [-0.39, 0.29) is 11.2 Å². The highest BCUT2D eigenvalue weighted by Gasteiger charge is 2.43. The standard InChI is InChI=1S/C13H11ClN4O2/c1-13(2)11(19)18(9-5-3-4-6-15-9)10-8(20-13)7-16-12(14)17-10/h3-7H,1-2H3. The van der Waals surface area contributed by atoms with Crippen molar-refractivity contribution in [3.63, 3.8) is 0 Å². The molecule has 6 nitrogen and oxygen atoms in total. The molecule has 3 heterocycles. The first-order valence-electron chi connectivity index (χ1n) is 5.96. The summed E-state index contributed by atoms with van der Waals surface area (Å²) in [7, 11) is 0. The third-order valence-electron chi connectivity index (χ3n) is 2.88. The van der Waals surface area contributed by atoms with Crippen LogP contribution >= 0.6 is 11.6 Å². The first-order chi connectivity index (χ1) is 9.49. The summed E-state index contributed by atoms with van der Waals surface area (Å²) in [6.07, 6.45) is 3.06. The smallest absolute Gasteiger partial charge is 0.277 e. The summed E-state index contributed by atoms with van der Waals surface area (Å²) in [4.78, 5) is 26.1. The molecular weight excluding hydrogens is 280 g/mol. The summed E-state index contributed by atoms with van der Waals surface area (Å²) in [5.74, 6) is 0.890. The number of carbonyl (C=O) groups is 1. The van der Waals surface area contributed by atoms with E-state index in [1.807, 2.05) is 0 Å². The number of hydrogen-bond acceptors (Lipinski definition) is 5. The number of amides is 1. The maximum Gasteiger partial charge on any atom is 0.277 e. The predicted molar refractivity (Wildman–Crippen MR) is 73.1 cm³/mol. The summed E-state index contributed by atoms with van der Waals surface area (Å²) in [5, 5.41) is 0.0424. The highest BCUT2D eigenvalue weighted by atomic mass is 35.5. The van der Waals surface area contributed by atoms with E-state index in [9.17, 15) is 4.79 Å². The van der Waals surface area contributed by atoms with Crippen molar-refractivity contribution in [3.05, 3.63) is 35.9 Å². The number of fused-ring (bicyclic) bond motifs is 1. The third-order valence-corrected chi connectivity index (χ3v) is 3.06. The largest absolute Gasteiger partial charge is 0.472 e. The Kier molecular flexibility index (Phi) is 2.83. The number of aromatic nitrogens is 3. The summed E-state index contributed by atoms with van der Waals surface area (Å²) >= 11 is 5.81. The molecule has 1 amide bonds. The molecule has 0 fully saturated rings. The molecule has 0 atom stereocenters. The number of anilines is 2. The highest BCUT2D eigenvalue weighted by molar-refractivity contribution is 6.28. The first-order valence-corrected chi connectivity index (χ1v) is 6.34. The van der Waals surface area contributed by atoms with E-state index in [1.54, 1.807) is 38.2 Å². The zero-order valence-corrected chi connectivity index (χ0v) is 11.6. The van der Waals surface area contributed by atoms with Crippen molar-refractivity contribution in [2.75, 3.05) is 4.90 Å². The molecule has 0 saturated heterocycles. The van der Waals surface area contributed by atoms with E-state index in [4.69, 9.17) is 16.3 Å². The van der Waals surface area contributed by atoms with Gasteiger partial charge in [0.25, 0.3) is 5.91 Å². The molecule has 0 N–H and O–H groups in total. The van der Waals surface area contributed by atoms with Gasteiger partial charge in [-0.25, -0.2) is 14.9 Å². The van der Waals surface area contributed by atoms with Crippen LogP contribution in [0.4, 0.5) is 11.6 Å². The summed E-state index contributed by atoms with van der Waals surface area (Å²) in [6.45, 7) is 3.37. The van der Waals surface area contributed by atoms with E-state index < -0.39 is 5.60 Å². The van der Waals surface area contributed by atoms with Crippen molar-refractivity contribution in [2.24, 2.45) is 0 Å². The lowest BCUT2D eigenvalue weighted by Gasteiger charge is -2.36. The van der Waals surface area contributed by atoms with Crippen molar-refractivity contribution in [1.29, 1.82) is 0 Å². The topological polar surface area (TPSA) is 68.2 Å². The van der Waals surface area contributed by atoms with Crippen LogP contribution in [0.5, 0.6) is 5.75 Å². The van der Waals surface area contributed by atoms with Crippen molar-refractivity contribution in [1.82, 2.24) is 15.0 Å². The van der Waals surface area contributed by atoms with Crippen LogP contribution in [0.2, 0.25) is 5.28 Å². The van der Waals surface area contributed by atoms with E-state index >= 15 is 0 Å².